The monoisotopic (exact) mass is 563 g/mol. The fourth-order valence-corrected chi connectivity index (χ4v) is 6.61. The van der Waals surface area contributed by atoms with Gasteiger partial charge in [-0.15, -0.1) is 0 Å². The van der Waals surface area contributed by atoms with E-state index in [1.165, 1.54) is 0 Å². The predicted molar refractivity (Wildman–Crippen MR) is 161 cm³/mol. The molecule has 9 nitrogen and oxygen atoms in total. The van der Waals surface area contributed by atoms with Gasteiger partial charge in [-0.05, 0) is 37.8 Å². The lowest BCUT2D eigenvalue weighted by Crippen LogP contribution is -2.56. The summed E-state index contributed by atoms with van der Waals surface area (Å²) in [6.45, 7) is 5.73. The van der Waals surface area contributed by atoms with E-state index in [0.29, 0.717) is 25.3 Å². The van der Waals surface area contributed by atoms with Gasteiger partial charge in [-0.25, -0.2) is 0 Å². The summed E-state index contributed by atoms with van der Waals surface area (Å²) in [5.41, 5.74) is 3.71. The van der Waals surface area contributed by atoms with Crippen molar-refractivity contribution in [1.82, 2.24) is 20.4 Å². The van der Waals surface area contributed by atoms with Crippen LogP contribution in [0, 0.1) is 6.92 Å². The van der Waals surface area contributed by atoms with Crippen molar-refractivity contribution in [2.45, 2.75) is 56.7 Å². The van der Waals surface area contributed by atoms with Crippen LogP contribution in [0.25, 0.3) is 5.70 Å². The molecule has 2 heterocycles. The summed E-state index contributed by atoms with van der Waals surface area (Å²) in [4.78, 5) is 18.5. The van der Waals surface area contributed by atoms with Gasteiger partial charge in [0, 0.05) is 56.6 Å². The Labute approximate surface area is 243 Å². The van der Waals surface area contributed by atoms with E-state index in [0.717, 1.165) is 73.6 Å². The van der Waals surface area contributed by atoms with Crippen molar-refractivity contribution in [3.63, 3.8) is 0 Å². The zero-order valence-corrected chi connectivity index (χ0v) is 24.6. The molecule has 2 fully saturated rings. The summed E-state index contributed by atoms with van der Waals surface area (Å²) < 4.78 is 10.9. The number of ether oxygens (including phenoxy) is 2. The molecule has 1 saturated heterocycles. The van der Waals surface area contributed by atoms with Crippen molar-refractivity contribution in [3.8, 4) is 5.75 Å². The average Bonchev–Trinajstić information content (AvgIpc) is 3.43. The standard InChI is InChI=1S/C32H45N5O4/c1-23-12-13-26(41-3)19-27(23)34-16-14-25-20-33-17-18-36(25)31(38)29-30(24-9-5-4-6-10-24)37(22-35-29)28-11-7-8-15-32(28,39)21-40-2/h4-6,9-10,12-13,19,25,28,33-35,39H,7-8,11,14-18,20-22H2,1-3H3/t25-,28-,32-/m1/s1. The van der Waals surface area contributed by atoms with E-state index in [-0.39, 0.29) is 24.6 Å². The molecule has 2 aliphatic heterocycles. The minimum atomic E-state index is -0.964. The van der Waals surface area contributed by atoms with E-state index in [9.17, 15) is 9.90 Å². The van der Waals surface area contributed by atoms with Gasteiger partial charge in [-0.2, -0.15) is 0 Å². The Hall–Kier alpha value is -3.27. The highest BCUT2D eigenvalue weighted by molar-refractivity contribution is 6.01. The van der Waals surface area contributed by atoms with E-state index in [1.54, 1.807) is 14.2 Å². The predicted octanol–water partition coefficient (Wildman–Crippen LogP) is 3.16. The first-order valence-corrected chi connectivity index (χ1v) is 14.9. The smallest absolute Gasteiger partial charge is 0.272 e. The summed E-state index contributed by atoms with van der Waals surface area (Å²) in [6.07, 6.45) is 4.36. The quantitative estimate of drug-likeness (QED) is 0.350. The number of hydrogen-bond acceptors (Lipinski definition) is 8. The van der Waals surface area contributed by atoms with Crippen LogP contribution in [0.3, 0.4) is 0 Å². The number of aliphatic hydroxyl groups is 1. The number of amides is 1. The van der Waals surface area contributed by atoms with Crippen LogP contribution < -0.4 is 20.7 Å². The maximum Gasteiger partial charge on any atom is 0.272 e. The van der Waals surface area contributed by atoms with Gasteiger partial charge in [-0.1, -0.05) is 49.2 Å². The van der Waals surface area contributed by atoms with Crippen molar-refractivity contribution in [2.24, 2.45) is 0 Å². The minimum Gasteiger partial charge on any atom is -0.497 e. The molecule has 0 radical (unpaired) electrons. The molecule has 1 aliphatic carbocycles. The zero-order chi connectivity index (χ0) is 28.8. The Morgan fingerprint density at radius 2 is 2.00 bits per heavy atom. The van der Waals surface area contributed by atoms with Gasteiger partial charge in [0.2, 0.25) is 0 Å². The minimum absolute atomic E-state index is 0.0153. The Morgan fingerprint density at radius 1 is 1.17 bits per heavy atom. The fraction of sp³-hybridized carbons (Fsp3) is 0.531. The van der Waals surface area contributed by atoms with E-state index >= 15 is 0 Å². The van der Waals surface area contributed by atoms with E-state index < -0.39 is 5.60 Å². The van der Waals surface area contributed by atoms with Crippen molar-refractivity contribution >= 4 is 17.3 Å². The largest absolute Gasteiger partial charge is 0.497 e. The van der Waals surface area contributed by atoms with Crippen LogP contribution in [-0.4, -0.2) is 92.2 Å². The number of aryl methyl sites for hydroxylation is 1. The summed E-state index contributed by atoms with van der Waals surface area (Å²) in [5.74, 6) is 0.836. The molecule has 5 rings (SSSR count). The lowest BCUT2D eigenvalue weighted by Gasteiger charge is -2.45. The zero-order valence-electron chi connectivity index (χ0n) is 24.6. The number of rotatable bonds is 10. The Morgan fingerprint density at radius 3 is 2.78 bits per heavy atom. The van der Waals surface area contributed by atoms with E-state index in [4.69, 9.17) is 9.47 Å². The Bertz CT molecular complexity index is 1220. The van der Waals surface area contributed by atoms with Gasteiger partial charge in [0.25, 0.3) is 5.91 Å². The number of carbonyl (C=O) groups is 1. The molecule has 2 aromatic rings. The van der Waals surface area contributed by atoms with Gasteiger partial charge in [0.05, 0.1) is 32.1 Å². The van der Waals surface area contributed by atoms with Crippen LogP contribution in [0.15, 0.2) is 54.2 Å². The average molecular weight is 564 g/mol. The van der Waals surface area contributed by atoms with Crippen molar-refractivity contribution in [3.05, 3.63) is 65.4 Å². The molecular weight excluding hydrogens is 518 g/mol. The number of piperazine rings is 1. The van der Waals surface area contributed by atoms with Crippen LogP contribution in [0.2, 0.25) is 0 Å². The molecule has 0 unspecified atom stereocenters. The SMILES string of the molecule is COC[C@]1(O)CCCC[C@H]1N1CNC(C(=O)N2CCNC[C@H]2CCNc2cc(OC)ccc2C)=C1c1ccccc1. The summed E-state index contributed by atoms with van der Waals surface area (Å²) >= 11 is 0. The van der Waals surface area contributed by atoms with Crippen molar-refractivity contribution < 1.29 is 19.4 Å². The third-order valence-corrected chi connectivity index (χ3v) is 8.79. The summed E-state index contributed by atoms with van der Waals surface area (Å²) in [5, 5.41) is 22.2. The molecule has 0 spiro atoms. The number of nitrogens with zero attached hydrogens (tertiary/aromatic N) is 2. The van der Waals surface area contributed by atoms with Crippen LogP contribution >= 0.6 is 0 Å². The maximum absolute atomic E-state index is 14.3. The van der Waals surface area contributed by atoms with Gasteiger partial charge in [0.15, 0.2) is 0 Å². The molecule has 2 aromatic carbocycles. The molecule has 1 saturated carbocycles. The van der Waals surface area contributed by atoms with E-state index in [1.807, 2.05) is 41.3 Å². The molecule has 9 heteroatoms. The first-order valence-electron chi connectivity index (χ1n) is 14.9. The second-order valence-corrected chi connectivity index (χ2v) is 11.4. The Kier molecular flexibility index (Phi) is 9.37. The number of nitrogens with one attached hydrogen (secondary N) is 3. The van der Waals surface area contributed by atoms with Gasteiger partial charge < -0.3 is 40.3 Å². The molecule has 41 heavy (non-hydrogen) atoms. The normalized spacial score (nSPS) is 24.8. The highest BCUT2D eigenvalue weighted by Crippen LogP contribution is 2.39. The number of methoxy groups -OCH3 is 2. The maximum atomic E-state index is 14.3. The molecule has 4 N–H and O–H groups in total. The summed E-state index contributed by atoms with van der Waals surface area (Å²) in [6, 6.07) is 16.0. The van der Waals surface area contributed by atoms with E-state index in [2.05, 4.69) is 39.9 Å². The Balaban J connectivity index is 1.39. The molecule has 0 aromatic heterocycles. The molecule has 3 aliphatic rings. The fourth-order valence-electron chi connectivity index (χ4n) is 6.61. The van der Waals surface area contributed by atoms with Crippen molar-refractivity contribution in [2.75, 3.05) is 59.0 Å². The van der Waals surface area contributed by atoms with Gasteiger partial charge in [-0.3, -0.25) is 4.79 Å². The summed E-state index contributed by atoms with van der Waals surface area (Å²) in [7, 11) is 3.32. The highest BCUT2D eigenvalue weighted by Gasteiger charge is 2.46. The second kappa shape index (κ2) is 13.1. The molecule has 0 bridgehead atoms. The first-order chi connectivity index (χ1) is 19.9. The number of benzene rings is 2. The third-order valence-electron chi connectivity index (χ3n) is 8.79. The second-order valence-electron chi connectivity index (χ2n) is 11.4. The molecular formula is C32H45N5O4. The molecule has 1 amide bonds. The third kappa shape index (κ3) is 6.32. The topological polar surface area (TPSA) is 98.3 Å². The number of hydrogen-bond donors (Lipinski definition) is 4. The van der Waals surface area contributed by atoms with Crippen LogP contribution in [-0.2, 0) is 9.53 Å². The lowest BCUT2D eigenvalue weighted by atomic mass is 9.79. The number of carbonyl (C=O) groups excluding carboxylic acids is 1. The van der Waals surface area contributed by atoms with Gasteiger partial charge >= 0.3 is 0 Å². The first kappa shape index (κ1) is 29.2. The van der Waals surface area contributed by atoms with Crippen LogP contribution in [0.5, 0.6) is 5.75 Å². The number of anilines is 1. The van der Waals surface area contributed by atoms with Crippen LogP contribution in [0.1, 0.15) is 43.2 Å². The van der Waals surface area contributed by atoms with Crippen LogP contribution in [0.4, 0.5) is 5.69 Å². The molecule has 222 valence electrons. The molecule has 3 atom stereocenters. The lowest BCUT2D eigenvalue weighted by molar-refractivity contribution is -0.130. The highest BCUT2D eigenvalue weighted by atomic mass is 16.5. The van der Waals surface area contributed by atoms with Crippen molar-refractivity contribution in [1.29, 1.82) is 0 Å². The van der Waals surface area contributed by atoms with Gasteiger partial charge in [0.1, 0.15) is 17.0 Å².